The summed E-state index contributed by atoms with van der Waals surface area (Å²) in [6.07, 6.45) is 9.64. The largest absolute Gasteiger partial charge is 0.497 e. The molecule has 1 N–H and O–H groups in total. The molecule has 0 aromatic heterocycles. The molecule has 2 aromatic carbocycles. The van der Waals surface area contributed by atoms with Crippen molar-refractivity contribution in [3.8, 4) is 5.75 Å². The van der Waals surface area contributed by atoms with E-state index in [4.69, 9.17) is 4.74 Å². The SMILES string of the molecule is CC[C@@H](C)NC(=O)[C@H](C)N(Cc1cccc(OC)c1)C(=O)CN(c1ccc(C23CC4CC(CC(C4)C2)C3)cc1)S(C)(=O)=O. The Morgan fingerprint density at radius 1 is 1.00 bits per heavy atom. The maximum absolute atomic E-state index is 13.9. The van der Waals surface area contributed by atoms with Crippen LogP contribution in [0.5, 0.6) is 5.75 Å². The highest BCUT2D eigenvalue weighted by molar-refractivity contribution is 7.92. The van der Waals surface area contributed by atoms with Gasteiger partial charge in [0.05, 0.1) is 19.1 Å². The Morgan fingerprint density at radius 3 is 2.14 bits per heavy atom. The monoisotopic (exact) mass is 609 g/mol. The minimum Gasteiger partial charge on any atom is -0.497 e. The summed E-state index contributed by atoms with van der Waals surface area (Å²) < 4.78 is 32.7. The van der Waals surface area contributed by atoms with Gasteiger partial charge in [0, 0.05) is 12.6 Å². The molecule has 8 nitrogen and oxygen atoms in total. The molecular formula is C34H47N3O5S. The molecule has 4 saturated carbocycles. The average Bonchev–Trinajstić information content (AvgIpc) is 2.97. The van der Waals surface area contributed by atoms with Crippen molar-refractivity contribution in [3.63, 3.8) is 0 Å². The lowest BCUT2D eigenvalue weighted by molar-refractivity contribution is -0.139. The number of hydrogen-bond acceptors (Lipinski definition) is 5. The smallest absolute Gasteiger partial charge is 0.244 e. The number of nitrogens with one attached hydrogen (secondary N) is 1. The Balaban J connectivity index is 1.39. The van der Waals surface area contributed by atoms with Gasteiger partial charge in [-0.15, -0.1) is 0 Å². The first-order valence-corrected chi connectivity index (χ1v) is 17.6. The molecule has 0 aliphatic heterocycles. The fourth-order valence-corrected chi connectivity index (χ4v) is 8.92. The van der Waals surface area contributed by atoms with E-state index >= 15 is 0 Å². The number of carbonyl (C=O) groups excluding carboxylic acids is 2. The van der Waals surface area contributed by atoms with Crippen molar-refractivity contribution in [2.75, 3.05) is 24.2 Å². The molecular weight excluding hydrogens is 562 g/mol. The Hall–Kier alpha value is -3.07. The van der Waals surface area contributed by atoms with Crippen molar-refractivity contribution >= 4 is 27.5 Å². The number of anilines is 1. The number of methoxy groups -OCH3 is 1. The summed E-state index contributed by atoms with van der Waals surface area (Å²) in [4.78, 5) is 28.6. The highest BCUT2D eigenvalue weighted by Gasteiger charge is 2.51. The number of hydrogen-bond donors (Lipinski definition) is 1. The van der Waals surface area contributed by atoms with E-state index in [-0.39, 0.29) is 23.9 Å². The van der Waals surface area contributed by atoms with Gasteiger partial charge < -0.3 is 15.0 Å². The number of nitrogens with zero attached hydrogens (tertiary/aromatic N) is 2. The lowest BCUT2D eigenvalue weighted by Crippen LogP contribution is -2.52. The lowest BCUT2D eigenvalue weighted by atomic mass is 9.48. The number of ether oxygens (including phenoxy) is 1. The Morgan fingerprint density at radius 2 is 1.60 bits per heavy atom. The van der Waals surface area contributed by atoms with E-state index in [2.05, 4.69) is 17.4 Å². The van der Waals surface area contributed by atoms with Crippen LogP contribution in [0.3, 0.4) is 0 Å². The molecule has 9 heteroatoms. The third-order valence-corrected chi connectivity index (χ3v) is 11.3. The minimum atomic E-state index is -3.79. The van der Waals surface area contributed by atoms with E-state index in [1.165, 1.54) is 49.0 Å². The third-order valence-electron chi connectivity index (χ3n) is 10.1. The van der Waals surface area contributed by atoms with E-state index in [1.807, 2.05) is 50.2 Å². The average molecular weight is 610 g/mol. The van der Waals surface area contributed by atoms with E-state index in [0.29, 0.717) is 11.4 Å². The van der Waals surface area contributed by atoms with Crippen LogP contribution >= 0.6 is 0 Å². The van der Waals surface area contributed by atoms with Crippen molar-refractivity contribution in [1.29, 1.82) is 0 Å². The minimum absolute atomic E-state index is 0.0521. The van der Waals surface area contributed by atoms with Crippen LogP contribution in [0, 0.1) is 17.8 Å². The lowest BCUT2D eigenvalue weighted by Gasteiger charge is -2.57. The number of sulfonamides is 1. The molecule has 4 aliphatic rings. The zero-order valence-corrected chi connectivity index (χ0v) is 27.0. The van der Waals surface area contributed by atoms with Crippen molar-refractivity contribution < 1.29 is 22.7 Å². The van der Waals surface area contributed by atoms with Crippen molar-refractivity contribution in [3.05, 3.63) is 59.7 Å². The molecule has 2 aromatic rings. The second-order valence-electron chi connectivity index (χ2n) is 13.4. The van der Waals surface area contributed by atoms with Gasteiger partial charge in [0.2, 0.25) is 21.8 Å². The molecule has 6 rings (SSSR count). The van der Waals surface area contributed by atoms with Crippen LogP contribution in [-0.2, 0) is 31.6 Å². The number of benzene rings is 2. The van der Waals surface area contributed by atoms with E-state index in [1.54, 1.807) is 14.0 Å². The number of rotatable bonds is 12. The van der Waals surface area contributed by atoms with Crippen molar-refractivity contribution in [1.82, 2.24) is 10.2 Å². The zero-order chi connectivity index (χ0) is 30.9. The summed E-state index contributed by atoms with van der Waals surface area (Å²) >= 11 is 0. The van der Waals surface area contributed by atoms with Gasteiger partial charge in [-0.2, -0.15) is 0 Å². The van der Waals surface area contributed by atoms with Crippen LogP contribution in [0.15, 0.2) is 48.5 Å². The van der Waals surface area contributed by atoms with E-state index < -0.39 is 28.5 Å². The van der Waals surface area contributed by atoms with Crippen LogP contribution in [-0.4, -0.2) is 57.1 Å². The summed E-state index contributed by atoms with van der Waals surface area (Å²) in [6.45, 7) is 5.31. The quantitative estimate of drug-likeness (QED) is 0.354. The summed E-state index contributed by atoms with van der Waals surface area (Å²) in [6, 6.07) is 14.3. The molecule has 43 heavy (non-hydrogen) atoms. The highest BCUT2D eigenvalue weighted by Crippen LogP contribution is 2.60. The van der Waals surface area contributed by atoms with Gasteiger partial charge in [-0.05, 0) is 117 Å². The van der Waals surface area contributed by atoms with Gasteiger partial charge in [-0.25, -0.2) is 8.42 Å². The molecule has 4 bridgehead atoms. The van der Waals surface area contributed by atoms with Crippen molar-refractivity contribution in [2.45, 2.75) is 89.8 Å². The summed E-state index contributed by atoms with van der Waals surface area (Å²) in [5, 5.41) is 2.96. The normalized spacial score (nSPS) is 25.6. The van der Waals surface area contributed by atoms with Crippen molar-refractivity contribution in [2.24, 2.45) is 17.8 Å². The molecule has 2 amide bonds. The van der Waals surface area contributed by atoms with Gasteiger partial charge in [0.15, 0.2) is 0 Å². The predicted molar refractivity (Wildman–Crippen MR) is 169 cm³/mol. The van der Waals surface area contributed by atoms with Crippen LogP contribution < -0.4 is 14.4 Å². The molecule has 0 heterocycles. The fourth-order valence-electron chi connectivity index (χ4n) is 8.07. The fraction of sp³-hybridized carbons (Fsp3) is 0.588. The van der Waals surface area contributed by atoms with Crippen LogP contribution in [0.4, 0.5) is 5.69 Å². The standard InChI is InChI=1S/C34H47N3O5S/c1-6-23(2)35-33(39)24(3)36(21-25-8-7-9-31(17-25)42-4)32(38)22-37(43(5,40)41)30-12-10-29(11-13-30)34-18-26-14-27(19-34)16-28(15-26)20-34/h7-13,17,23-24,26-28H,6,14-16,18-22H2,1-5H3,(H,35,39)/t23-,24+,26?,27?,28?,34?/m1/s1. The zero-order valence-electron chi connectivity index (χ0n) is 26.2. The second-order valence-corrected chi connectivity index (χ2v) is 15.3. The Bertz CT molecular complexity index is 1390. The van der Waals surface area contributed by atoms with Gasteiger partial charge in [0.1, 0.15) is 18.3 Å². The number of amides is 2. The molecule has 0 saturated heterocycles. The molecule has 4 fully saturated rings. The van der Waals surface area contributed by atoms with Crippen LogP contribution in [0.2, 0.25) is 0 Å². The number of carbonyl (C=O) groups is 2. The molecule has 0 radical (unpaired) electrons. The Labute approximate surface area is 257 Å². The molecule has 4 aliphatic carbocycles. The van der Waals surface area contributed by atoms with Crippen LogP contribution in [0.1, 0.15) is 76.8 Å². The van der Waals surface area contributed by atoms with Gasteiger partial charge >= 0.3 is 0 Å². The second kappa shape index (κ2) is 12.5. The third kappa shape index (κ3) is 6.87. The molecule has 2 atom stereocenters. The topological polar surface area (TPSA) is 96.0 Å². The van der Waals surface area contributed by atoms with Gasteiger partial charge in [-0.3, -0.25) is 13.9 Å². The highest BCUT2D eigenvalue weighted by atomic mass is 32.2. The first kappa shape index (κ1) is 31.4. The van der Waals surface area contributed by atoms with E-state index in [0.717, 1.165) is 40.3 Å². The van der Waals surface area contributed by atoms with Crippen LogP contribution in [0.25, 0.3) is 0 Å². The predicted octanol–water partition coefficient (Wildman–Crippen LogP) is 5.26. The molecule has 0 spiro atoms. The maximum atomic E-state index is 13.9. The van der Waals surface area contributed by atoms with E-state index in [9.17, 15) is 18.0 Å². The summed E-state index contributed by atoms with van der Waals surface area (Å²) in [7, 11) is -2.22. The van der Waals surface area contributed by atoms with Gasteiger partial charge in [0.25, 0.3) is 0 Å². The molecule has 234 valence electrons. The first-order valence-electron chi connectivity index (χ1n) is 15.7. The first-order chi connectivity index (χ1) is 20.4. The summed E-state index contributed by atoms with van der Waals surface area (Å²) in [5.74, 6) is 2.34. The maximum Gasteiger partial charge on any atom is 0.244 e. The van der Waals surface area contributed by atoms with Gasteiger partial charge in [-0.1, -0.05) is 31.2 Å². The molecule has 0 unspecified atom stereocenters. The summed E-state index contributed by atoms with van der Waals surface area (Å²) in [5.41, 5.74) is 2.74. The Kier molecular flexibility index (Phi) is 9.12.